The molecule has 0 bridgehead atoms. The molecule has 2 rings (SSSR count). The van der Waals surface area contributed by atoms with E-state index in [0.717, 1.165) is 6.54 Å². The second-order valence-corrected chi connectivity index (χ2v) is 4.20. The Labute approximate surface area is 94.9 Å². The zero-order valence-electron chi connectivity index (χ0n) is 8.43. The minimum atomic E-state index is -0.932. The summed E-state index contributed by atoms with van der Waals surface area (Å²) in [6.45, 7) is 1.44. The van der Waals surface area contributed by atoms with Gasteiger partial charge in [-0.2, -0.15) is 0 Å². The second kappa shape index (κ2) is 5.01. The highest BCUT2D eigenvalue weighted by atomic mass is 35.5. The maximum atomic E-state index is 10.6. The summed E-state index contributed by atoms with van der Waals surface area (Å²) in [5.41, 5.74) is 0. The fourth-order valence-electron chi connectivity index (χ4n) is 1.82. The number of aliphatic hydroxyl groups excluding tert-OH is 1. The Morgan fingerprint density at radius 3 is 2.53 bits per heavy atom. The molecule has 1 aliphatic carbocycles. The van der Waals surface area contributed by atoms with Crippen molar-refractivity contribution in [3.63, 3.8) is 0 Å². The van der Waals surface area contributed by atoms with Crippen LogP contribution in [-0.4, -0.2) is 53.0 Å². The van der Waals surface area contributed by atoms with Gasteiger partial charge < -0.3 is 20.4 Å². The van der Waals surface area contributed by atoms with Gasteiger partial charge in [-0.25, -0.2) is 4.79 Å². The summed E-state index contributed by atoms with van der Waals surface area (Å²) in [5.74, 6) is 0.0618. The van der Waals surface area contributed by atoms with Crippen molar-refractivity contribution >= 4 is 18.5 Å². The maximum absolute atomic E-state index is 10.6. The fourth-order valence-corrected chi connectivity index (χ4v) is 1.82. The van der Waals surface area contributed by atoms with Crippen molar-refractivity contribution in [2.24, 2.45) is 5.92 Å². The first-order valence-corrected chi connectivity index (χ1v) is 5.06. The number of likely N-dealkylation sites (tertiary alicyclic amines) is 1. The van der Waals surface area contributed by atoms with Gasteiger partial charge in [0.05, 0.1) is 12.6 Å². The van der Waals surface area contributed by atoms with E-state index >= 15 is 0 Å². The van der Waals surface area contributed by atoms with Gasteiger partial charge in [-0.1, -0.05) is 0 Å². The molecule has 5 nitrogen and oxygen atoms in total. The Kier molecular flexibility index (Phi) is 4.19. The molecule has 1 saturated heterocycles. The summed E-state index contributed by atoms with van der Waals surface area (Å²) < 4.78 is 0. The average molecular weight is 237 g/mol. The molecule has 0 unspecified atom stereocenters. The summed E-state index contributed by atoms with van der Waals surface area (Å²) in [4.78, 5) is 11.9. The second-order valence-electron chi connectivity index (χ2n) is 4.20. The molecule has 1 amide bonds. The summed E-state index contributed by atoms with van der Waals surface area (Å²) >= 11 is 0. The first kappa shape index (κ1) is 12.5. The number of halogens is 1. The lowest BCUT2D eigenvalue weighted by atomic mass is 10.1. The van der Waals surface area contributed by atoms with Gasteiger partial charge in [0.25, 0.3) is 0 Å². The molecule has 0 radical (unpaired) electrons. The van der Waals surface area contributed by atoms with Crippen LogP contribution in [0.25, 0.3) is 0 Å². The van der Waals surface area contributed by atoms with Crippen LogP contribution < -0.4 is 5.32 Å². The van der Waals surface area contributed by atoms with Gasteiger partial charge in [-0.3, -0.25) is 0 Å². The van der Waals surface area contributed by atoms with E-state index in [1.54, 1.807) is 0 Å². The van der Waals surface area contributed by atoms with E-state index in [-0.39, 0.29) is 24.9 Å². The third-order valence-electron chi connectivity index (χ3n) is 2.92. The van der Waals surface area contributed by atoms with Crippen LogP contribution in [0.2, 0.25) is 0 Å². The van der Waals surface area contributed by atoms with Crippen LogP contribution in [0.1, 0.15) is 12.8 Å². The number of rotatable bonds is 3. The van der Waals surface area contributed by atoms with E-state index in [1.807, 2.05) is 0 Å². The molecule has 1 aliphatic heterocycles. The van der Waals surface area contributed by atoms with Gasteiger partial charge in [0, 0.05) is 25.0 Å². The molecule has 0 aromatic rings. The van der Waals surface area contributed by atoms with Crippen LogP contribution in [0.4, 0.5) is 4.79 Å². The zero-order valence-corrected chi connectivity index (χ0v) is 9.24. The van der Waals surface area contributed by atoms with E-state index in [9.17, 15) is 9.90 Å². The summed E-state index contributed by atoms with van der Waals surface area (Å²) in [5, 5.41) is 21.6. The van der Waals surface area contributed by atoms with E-state index in [1.165, 1.54) is 17.7 Å². The van der Waals surface area contributed by atoms with E-state index < -0.39 is 12.2 Å². The molecule has 6 heteroatoms. The number of carboxylic acid groups (broad SMARTS) is 1. The predicted molar refractivity (Wildman–Crippen MR) is 57.4 cm³/mol. The standard InChI is InChI=1S/C9H16N2O3.ClH/c12-8-5-11(9(13)14)4-6(8)3-10-7-1-2-7;/h6-8,10,12H,1-5H2,(H,13,14);1H/t6-,8+;/m0./s1. The third-order valence-corrected chi connectivity index (χ3v) is 2.92. The largest absolute Gasteiger partial charge is 0.465 e. The number of nitrogens with zero attached hydrogens (tertiary/aromatic N) is 1. The number of amides is 1. The SMILES string of the molecule is Cl.O=C(O)N1C[C@H](CNC2CC2)[C@H](O)C1. The molecule has 0 aromatic heterocycles. The van der Waals surface area contributed by atoms with Crippen molar-refractivity contribution in [2.75, 3.05) is 19.6 Å². The first-order chi connectivity index (χ1) is 6.66. The van der Waals surface area contributed by atoms with Gasteiger partial charge in [0.2, 0.25) is 0 Å². The smallest absolute Gasteiger partial charge is 0.407 e. The summed E-state index contributed by atoms with van der Waals surface area (Å²) in [6, 6.07) is 0.612. The lowest BCUT2D eigenvalue weighted by Crippen LogP contribution is -2.31. The monoisotopic (exact) mass is 236 g/mol. The van der Waals surface area contributed by atoms with Crippen molar-refractivity contribution < 1.29 is 15.0 Å². The Balaban J connectivity index is 0.00000112. The van der Waals surface area contributed by atoms with E-state index in [0.29, 0.717) is 12.6 Å². The molecular formula is C9H17ClN2O3. The molecule has 1 saturated carbocycles. The van der Waals surface area contributed by atoms with Gasteiger partial charge in [-0.15, -0.1) is 12.4 Å². The van der Waals surface area contributed by atoms with Crippen molar-refractivity contribution in [3.8, 4) is 0 Å². The number of aliphatic hydroxyl groups is 1. The van der Waals surface area contributed by atoms with Gasteiger partial charge in [-0.05, 0) is 12.8 Å². The predicted octanol–water partition coefficient (Wildman–Crippen LogP) is 0.131. The highest BCUT2D eigenvalue weighted by Crippen LogP contribution is 2.21. The molecule has 88 valence electrons. The van der Waals surface area contributed by atoms with Crippen molar-refractivity contribution in [3.05, 3.63) is 0 Å². The first-order valence-electron chi connectivity index (χ1n) is 5.06. The highest BCUT2D eigenvalue weighted by Gasteiger charge is 2.34. The molecule has 2 atom stereocenters. The van der Waals surface area contributed by atoms with E-state index in [2.05, 4.69) is 5.32 Å². The van der Waals surface area contributed by atoms with Crippen molar-refractivity contribution in [1.29, 1.82) is 0 Å². The molecular weight excluding hydrogens is 220 g/mol. The van der Waals surface area contributed by atoms with Crippen LogP contribution in [-0.2, 0) is 0 Å². The number of hydrogen-bond acceptors (Lipinski definition) is 3. The Bertz CT molecular complexity index is 235. The van der Waals surface area contributed by atoms with Crippen LogP contribution in [0.15, 0.2) is 0 Å². The zero-order chi connectivity index (χ0) is 10.1. The Hall–Kier alpha value is -0.520. The quantitative estimate of drug-likeness (QED) is 0.652. The van der Waals surface area contributed by atoms with Crippen LogP contribution in [0.5, 0.6) is 0 Å². The normalized spacial score (nSPS) is 30.1. The van der Waals surface area contributed by atoms with Crippen molar-refractivity contribution in [2.45, 2.75) is 25.0 Å². The fraction of sp³-hybridized carbons (Fsp3) is 0.889. The molecule has 2 aliphatic rings. The third kappa shape index (κ3) is 3.22. The molecule has 1 heterocycles. The molecule has 0 aromatic carbocycles. The molecule has 2 fully saturated rings. The minimum absolute atomic E-state index is 0. The molecule has 0 spiro atoms. The number of nitrogens with one attached hydrogen (secondary N) is 1. The van der Waals surface area contributed by atoms with Crippen molar-refractivity contribution in [1.82, 2.24) is 10.2 Å². The number of β-amino-alcohol motifs (C(OH)–C–C–N with tert-alkyl or cyclic N) is 1. The lowest BCUT2D eigenvalue weighted by molar-refractivity contribution is 0.131. The van der Waals surface area contributed by atoms with Gasteiger partial charge >= 0.3 is 6.09 Å². The molecule has 3 N–H and O–H groups in total. The van der Waals surface area contributed by atoms with E-state index in [4.69, 9.17) is 5.11 Å². The number of hydrogen-bond donors (Lipinski definition) is 3. The molecule has 15 heavy (non-hydrogen) atoms. The topological polar surface area (TPSA) is 72.8 Å². The highest BCUT2D eigenvalue weighted by molar-refractivity contribution is 5.85. The van der Waals surface area contributed by atoms with Gasteiger partial charge in [0.15, 0.2) is 0 Å². The lowest BCUT2D eigenvalue weighted by Gasteiger charge is -2.13. The maximum Gasteiger partial charge on any atom is 0.407 e. The van der Waals surface area contributed by atoms with Gasteiger partial charge in [0.1, 0.15) is 0 Å². The minimum Gasteiger partial charge on any atom is -0.465 e. The Morgan fingerprint density at radius 2 is 2.07 bits per heavy atom. The number of carbonyl (C=O) groups is 1. The van der Waals surface area contributed by atoms with Crippen LogP contribution >= 0.6 is 12.4 Å². The Morgan fingerprint density at radius 1 is 1.40 bits per heavy atom. The summed E-state index contributed by atoms with van der Waals surface area (Å²) in [6.07, 6.45) is 0.993. The average Bonchev–Trinajstić information content (AvgIpc) is 2.87. The van der Waals surface area contributed by atoms with Crippen LogP contribution in [0, 0.1) is 5.92 Å². The summed E-state index contributed by atoms with van der Waals surface area (Å²) in [7, 11) is 0. The van der Waals surface area contributed by atoms with Crippen LogP contribution in [0.3, 0.4) is 0 Å².